The van der Waals surface area contributed by atoms with Gasteiger partial charge < -0.3 is 10.6 Å². The molecule has 92 valence electrons. The summed E-state index contributed by atoms with van der Waals surface area (Å²) in [6, 6.07) is 8.20. The first-order valence-electron chi connectivity index (χ1n) is 5.63. The number of amides is 1. The average molecular weight is 276 g/mol. The molecule has 0 aliphatic carbocycles. The molecule has 2 N–H and O–H groups in total. The lowest BCUT2D eigenvalue weighted by molar-refractivity contribution is -0.113. The Morgan fingerprint density at radius 1 is 1.33 bits per heavy atom. The topological polar surface area (TPSA) is 41.1 Å². The first kappa shape index (κ1) is 11.6. The van der Waals surface area contributed by atoms with Crippen LogP contribution in [0.5, 0.6) is 0 Å². The van der Waals surface area contributed by atoms with Crippen LogP contribution in [0.3, 0.4) is 0 Å². The van der Waals surface area contributed by atoms with E-state index in [0.717, 1.165) is 22.8 Å². The van der Waals surface area contributed by atoms with Crippen LogP contribution in [0.2, 0.25) is 0 Å². The number of hydrogen-bond donors (Lipinski definition) is 2. The van der Waals surface area contributed by atoms with Crippen molar-refractivity contribution in [1.82, 2.24) is 0 Å². The van der Waals surface area contributed by atoms with E-state index < -0.39 is 0 Å². The Hall–Kier alpha value is -1.46. The van der Waals surface area contributed by atoms with E-state index in [2.05, 4.69) is 39.6 Å². The lowest BCUT2D eigenvalue weighted by Gasteiger charge is -2.17. The van der Waals surface area contributed by atoms with Gasteiger partial charge in [0.05, 0.1) is 11.4 Å². The first-order chi connectivity index (χ1) is 8.81. The van der Waals surface area contributed by atoms with Gasteiger partial charge in [0.15, 0.2) is 0 Å². The third-order valence-electron chi connectivity index (χ3n) is 2.69. The summed E-state index contributed by atoms with van der Waals surface area (Å²) in [5.41, 5.74) is 3.21. The van der Waals surface area contributed by atoms with Gasteiger partial charge in [0, 0.05) is 17.1 Å². The van der Waals surface area contributed by atoms with Crippen molar-refractivity contribution < 1.29 is 4.79 Å². The second kappa shape index (κ2) is 5.04. The van der Waals surface area contributed by atoms with Crippen LogP contribution < -0.4 is 10.6 Å². The third kappa shape index (κ3) is 2.52. The van der Waals surface area contributed by atoms with Gasteiger partial charge in [-0.25, -0.2) is 0 Å². The van der Waals surface area contributed by atoms with Crippen LogP contribution in [0.4, 0.5) is 11.4 Å². The first-order valence-corrected chi connectivity index (χ1v) is 7.56. The minimum absolute atomic E-state index is 0.0717. The smallest absolute Gasteiger partial charge is 0.234 e. The normalized spacial score (nSPS) is 13.9. The molecule has 1 amide bonds. The van der Waals surface area contributed by atoms with Crippen molar-refractivity contribution in [2.24, 2.45) is 0 Å². The van der Waals surface area contributed by atoms with E-state index in [1.165, 1.54) is 5.56 Å². The maximum Gasteiger partial charge on any atom is 0.234 e. The Morgan fingerprint density at radius 3 is 3.11 bits per heavy atom. The van der Waals surface area contributed by atoms with Crippen LogP contribution in [0.1, 0.15) is 5.56 Å². The zero-order valence-corrected chi connectivity index (χ0v) is 11.2. The van der Waals surface area contributed by atoms with Gasteiger partial charge >= 0.3 is 0 Å². The molecule has 0 atom stereocenters. The lowest BCUT2D eigenvalue weighted by Crippen LogP contribution is -2.18. The van der Waals surface area contributed by atoms with E-state index >= 15 is 0 Å². The number of rotatable bonds is 3. The number of thioether (sulfide) groups is 1. The molecule has 3 nitrogen and oxygen atoms in total. The molecule has 0 spiro atoms. The molecule has 1 aromatic carbocycles. The number of hydrogen-bond acceptors (Lipinski definition) is 4. The molecule has 5 heteroatoms. The van der Waals surface area contributed by atoms with Gasteiger partial charge in [-0.15, -0.1) is 11.8 Å². The lowest BCUT2D eigenvalue weighted by atomic mass is 10.2. The Balaban J connectivity index is 1.73. The van der Waals surface area contributed by atoms with Crippen molar-refractivity contribution in [3.63, 3.8) is 0 Å². The monoisotopic (exact) mass is 276 g/mol. The van der Waals surface area contributed by atoms with Crippen molar-refractivity contribution >= 4 is 40.4 Å². The predicted octanol–water partition coefficient (Wildman–Crippen LogP) is 3.40. The highest BCUT2D eigenvalue weighted by Gasteiger charge is 2.15. The van der Waals surface area contributed by atoms with E-state index in [1.54, 1.807) is 23.1 Å². The molecule has 0 saturated heterocycles. The highest BCUT2D eigenvalue weighted by Crippen LogP contribution is 2.33. The molecule has 2 aromatic rings. The SMILES string of the molecule is O=C1CSc2ccc(NCc3ccsc3)cc2N1. The molecule has 1 aliphatic heterocycles. The van der Waals surface area contributed by atoms with Gasteiger partial charge in [-0.05, 0) is 40.6 Å². The van der Waals surface area contributed by atoms with Crippen molar-refractivity contribution in [1.29, 1.82) is 0 Å². The highest BCUT2D eigenvalue weighted by atomic mass is 32.2. The molecule has 0 saturated carbocycles. The van der Waals surface area contributed by atoms with E-state index in [0.29, 0.717) is 5.75 Å². The molecule has 18 heavy (non-hydrogen) atoms. The summed E-state index contributed by atoms with van der Waals surface area (Å²) >= 11 is 3.28. The number of carbonyl (C=O) groups is 1. The zero-order valence-electron chi connectivity index (χ0n) is 9.60. The molecule has 1 aliphatic rings. The van der Waals surface area contributed by atoms with Crippen molar-refractivity contribution in [2.45, 2.75) is 11.4 Å². The fourth-order valence-electron chi connectivity index (χ4n) is 1.79. The van der Waals surface area contributed by atoms with Crippen molar-refractivity contribution in [2.75, 3.05) is 16.4 Å². The summed E-state index contributed by atoms with van der Waals surface area (Å²) < 4.78 is 0. The maximum atomic E-state index is 11.3. The summed E-state index contributed by atoms with van der Waals surface area (Å²) in [4.78, 5) is 12.5. The van der Waals surface area contributed by atoms with Crippen LogP contribution in [-0.4, -0.2) is 11.7 Å². The molecule has 3 rings (SSSR count). The Kier molecular flexibility index (Phi) is 3.25. The molecule has 0 radical (unpaired) electrons. The molecular formula is C13H12N2OS2. The molecule has 0 bridgehead atoms. The summed E-state index contributed by atoms with van der Waals surface area (Å²) in [6.45, 7) is 0.809. The summed E-state index contributed by atoms with van der Waals surface area (Å²) in [5.74, 6) is 0.580. The fourth-order valence-corrected chi connectivity index (χ4v) is 3.25. The Labute approximate surface area is 114 Å². The van der Waals surface area contributed by atoms with Gasteiger partial charge in [0.2, 0.25) is 5.91 Å². The molecular weight excluding hydrogens is 264 g/mol. The van der Waals surface area contributed by atoms with Crippen molar-refractivity contribution in [3.8, 4) is 0 Å². The van der Waals surface area contributed by atoms with Crippen LogP contribution >= 0.6 is 23.1 Å². The van der Waals surface area contributed by atoms with E-state index in [4.69, 9.17) is 0 Å². The largest absolute Gasteiger partial charge is 0.381 e. The summed E-state index contributed by atoms with van der Waals surface area (Å²) in [7, 11) is 0. The minimum Gasteiger partial charge on any atom is -0.381 e. The fraction of sp³-hybridized carbons (Fsp3) is 0.154. The number of carbonyl (C=O) groups excluding carboxylic acids is 1. The Morgan fingerprint density at radius 2 is 2.28 bits per heavy atom. The number of benzene rings is 1. The summed E-state index contributed by atoms with van der Waals surface area (Å²) in [5, 5.41) is 10.5. The standard InChI is InChI=1S/C13H12N2OS2/c16-13-8-18-12-2-1-10(5-11(12)15-13)14-6-9-3-4-17-7-9/h1-5,7,14H,6,8H2,(H,15,16). The van der Waals surface area contributed by atoms with Gasteiger partial charge in [-0.2, -0.15) is 11.3 Å². The quantitative estimate of drug-likeness (QED) is 0.902. The predicted molar refractivity (Wildman–Crippen MR) is 77.4 cm³/mol. The average Bonchev–Trinajstić information content (AvgIpc) is 2.89. The molecule has 0 fully saturated rings. The maximum absolute atomic E-state index is 11.3. The number of fused-ring (bicyclic) bond motifs is 1. The van der Waals surface area contributed by atoms with Crippen LogP contribution in [0.25, 0.3) is 0 Å². The molecule has 2 heterocycles. The van der Waals surface area contributed by atoms with Crippen LogP contribution in [-0.2, 0) is 11.3 Å². The number of nitrogens with one attached hydrogen (secondary N) is 2. The summed E-state index contributed by atoms with van der Waals surface area (Å²) in [6.07, 6.45) is 0. The van der Waals surface area contributed by atoms with Crippen molar-refractivity contribution in [3.05, 3.63) is 40.6 Å². The van der Waals surface area contributed by atoms with Gasteiger partial charge in [-0.1, -0.05) is 0 Å². The molecule has 0 unspecified atom stereocenters. The van der Waals surface area contributed by atoms with Gasteiger partial charge in [0.1, 0.15) is 0 Å². The second-order valence-electron chi connectivity index (χ2n) is 4.03. The van der Waals surface area contributed by atoms with E-state index in [-0.39, 0.29) is 5.91 Å². The second-order valence-corrected chi connectivity index (χ2v) is 5.83. The van der Waals surface area contributed by atoms with Crippen LogP contribution in [0, 0.1) is 0 Å². The van der Waals surface area contributed by atoms with Gasteiger partial charge in [-0.3, -0.25) is 4.79 Å². The minimum atomic E-state index is 0.0717. The third-order valence-corrected chi connectivity index (χ3v) is 4.49. The Bertz CT molecular complexity index is 566. The molecule has 1 aromatic heterocycles. The van der Waals surface area contributed by atoms with Crippen LogP contribution in [0.15, 0.2) is 39.9 Å². The van der Waals surface area contributed by atoms with E-state index in [9.17, 15) is 4.79 Å². The number of thiophene rings is 1. The van der Waals surface area contributed by atoms with E-state index in [1.807, 2.05) is 6.07 Å². The number of anilines is 2. The van der Waals surface area contributed by atoms with Gasteiger partial charge in [0.25, 0.3) is 0 Å². The zero-order chi connectivity index (χ0) is 12.4. The highest BCUT2D eigenvalue weighted by molar-refractivity contribution is 8.00.